The number of benzene rings is 2. The molecule has 2 aromatic carbocycles. The van der Waals surface area contributed by atoms with Gasteiger partial charge in [-0.3, -0.25) is 9.59 Å². The van der Waals surface area contributed by atoms with Crippen LogP contribution in [0.1, 0.15) is 66.8 Å². The number of carbonyl (C=O) groups excluding carboxylic acids is 2. The van der Waals surface area contributed by atoms with E-state index in [1.54, 1.807) is 4.90 Å². The number of aryl methyl sites for hydroxylation is 3. The first-order chi connectivity index (χ1) is 14.9. The van der Waals surface area contributed by atoms with Crippen molar-refractivity contribution in [1.82, 2.24) is 10.2 Å². The van der Waals surface area contributed by atoms with Gasteiger partial charge in [-0.05, 0) is 62.3 Å². The van der Waals surface area contributed by atoms with Gasteiger partial charge in [-0.2, -0.15) is 0 Å². The van der Waals surface area contributed by atoms with Crippen LogP contribution in [0.3, 0.4) is 0 Å². The smallest absolute Gasteiger partial charge is 0.243 e. The van der Waals surface area contributed by atoms with Gasteiger partial charge < -0.3 is 10.2 Å². The number of hydrogen-bond acceptors (Lipinski definition) is 2. The molecule has 1 atom stereocenters. The molecule has 0 aromatic heterocycles. The van der Waals surface area contributed by atoms with E-state index in [1.807, 2.05) is 32.9 Å². The Labute approximate surface area is 187 Å². The quantitative estimate of drug-likeness (QED) is 0.652. The van der Waals surface area contributed by atoms with E-state index in [9.17, 15) is 9.59 Å². The van der Waals surface area contributed by atoms with Gasteiger partial charge in [0.05, 0.1) is 6.42 Å². The van der Waals surface area contributed by atoms with E-state index in [1.165, 1.54) is 12.8 Å². The molecule has 0 saturated heterocycles. The van der Waals surface area contributed by atoms with Gasteiger partial charge in [-0.25, -0.2) is 0 Å². The summed E-state index contributed by atoms with van der Waals surface area (Å²) in [7, 11) is 0. The Kier molecular flexibility index (Phi) is 7.89. The molecule has 1 saturated carbocycles. The van der Waals surface area contributed by atoms with E-state index in [0.717, 1.165) is 40.7 Å². The highest BCUT2D eigenvalue weighted by Gasteiger charge is 2.31. The number of hydrogen-bond donors (Lipinski definition) is 1. The largest absolute Gasteiger partial charge is 0.352 e. The minimum Gasteiger partial charge on any atom is -0.352 e. The van der Waals surface area contributed by atoms with Crippen molar-refractivity contribution >= 4 is 11.8 Å². The fraction of sp³-hybridized carbons (Fsp3) is 0.481. The Morgan fingerprint density at radius 1 is 1.00 bits per heavy atom. The zero-order chi connectivity index (χ0) is 22.4. The average molecular weight is 421 g/mol. The molecule has 4 heteroatoms. The molecule has 0 aliphatic heterocycles. The standard InChI is InChI=1S/C27H36N2O2/c1-5-25(27(31)28-24-12-8-9-13-24)29(18-22-11-7-6-10-20(22)3)26(30)17-23-16-19(2)14-15-21(23)4/h6-7,10-11,14-16,24-25H,5,8-9,12-13,17-18H2,1-4H3,(H,28,31). The van der Waals surface area contributed by atoms with Crippen LogP contribution < -0.4 is 5.32 Å². The Hall–Kier alpha value is -2.62. The van der Waals surface area contributed by atoms with Gasteiger partial charge in [0, 0.05) is 12.6 Å². The average Bonchev–Trinajstić information content (AvgIpc) is 3.25. The normalized spacial score (nSPS) is 15.0. The van der Waals surface area contributed by atoms with Crippen molar-refractivity contribution in [3.8, 4) is 0 Å². The second kappa shape index (κ2) is 10.6. The van der Waals surface area contributed by atoms with Crippen LogP contribution in [0.15, 0.2) is 42.5 Å². The second-order valence-corrected chi connectivity index (χ2v) is 8.97. The van der Waals surface area contributed by atoms with Crippen LogP contribution in [-0.4, -0.2) is 28.8 Å². The maximum atomic E-state index is 13.6. The summed E-state index contributed by atoms with van der Waals surface area (Å²) in [6, 6.07) is 14.1. The molecule has 1 aliphatic carbocycles. The lowest BCUT2D eigenvalue weighted by Crippen LogP contribution is -2.51. The van der Waals surface area contributed by atoms with E-state index in [4.69, 9.17) is 0 Å². The highest BCUT2D eigenvalue weighted by Crippen LogP contribution is 2.21. The van der Waals surface area contributed by atoms with Crippen molar-refractivity contribution < 1.29 is 9.59 Å². The Morgan fingerprint density at radius 3 is 2.35 bits per heavy atom. The molecule has 0 bridgehead atoms. The van der Waals surface area contributed by atoms with Gasteiger partial charge in [0.25, 0.3) is 0 Å². The second-order valence-electron chi connectivity index (χ2n) is 8.97. The summed E-state index contributed by atoms with van der Waals surface area (Å²) < 4.78 is 0. The van der Waals surface area contributed by atoms with Crippen molar-refractivity contribution in [2.24, 2.45) is 0 Å². The van der Waals surface area contributed by atoms with Crippen LogP contribution in [0.5, 0.6) is 0 Å². The minimum atomic E-state index is -0.460. The van der Waals surface area contributed by atoms with E-state index >= 15 is 0 Å². The molecule has 1 fully saturated rings. The molecule has 1 aliphatic rings. The molecule has 2 amide bonds. The number of nitrogens with zero attached hydrogens (tertiary/aromatic N) is 1. The maximum Gasteiger partial charge on any atom is 0.243 e. The Morgan fingerprint density at radius 2 is 1.68 bits per heavy atom. The summed E-state index contributed by atoms with van der Waals surface area (Å²) in [5, 5.41) is 3.22. The predicted molar refractivity (Wildman–Crippen MR) is 126 cm³/mol. The van der Waals surface area contributed by atoms with Gasteiger partial charge in [0.1, 0.15) is 6.04 Å². The topological polar surface area (TPSA) is 49.4 Å². The molecule has 1 N–H and O–H groups in total. The molecule has 31 heavy (non-hydrogen) atoms. The van der Waals surface area contributed by atoms with Crippen molar-refractivity contribution in [2.75, 3.05) is 0 Å². The van der Waals surface area contributed by atoms with E-state index < -0.39 is 6.04 Å². The maximum absolute atomic E-state index is 13.6. The lowest BCUT2D eigenvalue weighted by Gasteiger charge is -2.32. The van der Waals surface area contributed by atoms with Crippen molar-refractivity contribution in [2.45, 2.75) is 84.8 Å². The van der Waals surface area contributed by atoms with Crippen LogP contribution >= 0.6 is 0 Å². The zero-order valence-corrected chi connectivity index (χ0v) is 19.4. The van der Waals surface area contributed by atoms with Gasteiger partial charge in [0.15, 0.2) is 0 Å². The van der Waals surface area contributed by atoms with Crippen molar-refractivity contribution in [3.05, 3.63) is 70.3 Å². The van der Waals surface area contributed by atoms with Gasteiger partial charge in [-0.1, -0.05) is 67.8 Å². The molecule has 166 valence electrons. The summed E-state index contributed by atoms with van der Waals surface area (Å²) in [5.74, 6) is -0.0114. The number of carbonyl (C=O) groups is 2. The number of rotatable bonds is 8. The highest BCUT2D eigenvalue weighted by molar-refractivity contribution is 5.88. The first-order valence-electron chi connectivity index (χ1n) is 11.6. The fourth-order valence-electron chi connectivity index (χ4n) is 4.51. The molecule has 0 spiro atoms. The van der Waals surface area contributed by atoms with Gasteiger partial charge in [0.2, 0.25) is 11.8 Å². The Bertz CT molecular complexity index is 915. The lowest BCUT2D eigenvalue weighted by molar-refractivity contribution is -0.141. The molecule has 4 nitrogen and oxygen atoms in total. The lowest BCUT2D eigenvalue weighted by atomic mass is 10.0. The third-order valence-corrected chi connectivity index (χ3v) is 6.54. The van der Waals surface area contributed by atoms with E-state index in [-0.39, 0.29) is 17.9 Å². The van der Waals surface area contributed by atoms with Crippen molar-refractivity contribution in [1.29, 1.82) is 0 Å². The molecule has 3 rings (SSSR count). The predicted octanol–water partition coefficient (Wildman–Crippen LogP) is 5.02. The summed E-state index contributed by atoms with van der Waals surface area (Å²) in [5.41, 5.74) is 5.51. The minimum absolute atomic E-state index is 0.00498. The summed E-state index contributed by atoms with van der Waals surface area (Å²) in [6.07, 6.45) is 5.32. The van der Waals surface area contributed by atoms with Crippen molar-refractivity contribution in [3.63, 3.8) is 0 Å². The SMILES string of the molecule is CCC(C(=O)NC1CCCC1)N(Cc1ccccc1C)C(=O)Cc1cc(C)ccc1C. The van der Waals surface area contributed by atoms with E-state index in [2.05, 4.69) is 42.6 Å². The molecule has 0 radical (unpaired) electrons. The number of amides is 2. The van der Waals surface area contributed by atoms with Crippen LogP contribution in [0.2, 0.25) is 0 Å². The molecular formula is C27H36N2O2. The number of nitrogens with one attached hydrogen (secondary N) is 1. The van der Waals surface area contributed by atoms with Crippen LogP contribution in [0, 0.1) is 20.8 Å². The first-order valence-corrected chi connectivity index (χ1v) is 11.6. The van der Waals surface area contributed by atoms with E-state index in [0.29, 0.717) is 19.4 Å². The van der Waals surface area contributed by atoms with Crippen LogP contribution in [-0.2, 0) is 22.6 Å². The fourth-order valence-corrected chi connectivity index (χ4v) is 4.51. The monoisotopic (exact) mass is 420 g/mol. The molecule has 2 aromatic rings. The van der Waals surface area contributed by atoms with Crippen LogP contribution in [0.4, 0.5) is 0 Å². The highest BCUT2D eigenvalue weighted by atomic mass is 16.2. The first kappa shape index (κ1) is 23.1. The summed E-state index contributed by atoms with van der Waals surface area (Å²) >= 11 is 0. The zero-order valence-electron chi connectivity index (χ0n) is 19.4. The molecule has 0 heterocycles. The molecule has 1 unspecified atom stereocenters. The van der Waals surface area contributed by atoms with Gasteiger partial charge in [-0.15, -0.1) is 0 Å². The Balaban J connectivity index is 1.86. The third-order valence-electron chi connectivity index (χ3n) is 6.54. The molecular weight excluding hydrogens is 384 g/mol. The summed E-state index contributed by atoms with van der Waals surface area (Å²) in [6.45, 7) is 8.59. The van der Waals surface area contributed by atoms with Gasteiger partial charge >= 0.3 is 0 Å². The third kappa shape index (κ3) is 5.96. The summed E-state index contributed by atoms with van der Waals surface area (Å²) in [4.78, 5) is 28.6. The van der Waals surface area contributed by atoms with Crippen LogP contribution in [0.25, 0.3) is 0 Å².